The highest BCUT2D eigenvalue weighted by molar-refractivity contribution is 7.16. The van der Waals surface area contributed by atoms with E-state index in [0.29, 0.717) is 57.5 Å². The Morgan fingerprint density at radius 3 is 2.55 bits per heavy atom. The number of phenols is 1. The van der Waals surface area contributed by atoms with Gasteiger partial charge in [-0.1, -0.05) is 42.7 Å². The molecule has 0 aliphatic heterocycles. The number of carbonyl (C=O) groups is 1. The van der Waals surface area contributed by atoms with Crippen molar-refractivity contribution in [2.24, 2.45) is 0 Å². The van der Waals surface area contributed by atoms with Crippen LogP contribution in [0.4, 0.5) is 8.78 Å². The lowest BCUT2D eigenvalue weighted by molar-refractivity contribution is -0.134. The highest BCUT2D eigenvalue weighted by Crippen LogP contribution is 2.28. The number of nitrogens with zero attached hydrogens (tertiary/aromatic N) is 1. The zero-order chi connectivity index (χ0) is 26.9. The molecule has 1 aromatic heterocycles. The molecule has 10 heteroatoms. The minimum Gasteiger partial charge on any atom is -0.506 e. The van der Waals surface area contributed by atoms with Crippen molar-refractivity contribution in [1.29, 1.82) is 0 Å². The highest BCUT2D eigenvalue weighted by atomic mass is 32.1. The molecule has 1 saturated carbocycles. The Morgan fingerprint density at radius 1 is 1.00 bits per heavy atom. The van der Waals surface area contributed by atoms with Crippen molar-refractivity contribution in [3.8, 4) is 5.75 Å². The molecule has 0 saturated heterocycles. The standard InChI is InChI=1S/C28H36F2N4O3S/c29-22-8-6-19(18-23(22)30)10-13-31-15-12-25(36)34(21-4-2-1-3-5-21)17-16-32-14-11-20-7-9-24(35)26-27(20)38-28(37)33-26/h6-9,18,21,31-32,35H,1-5,10-17H2,(H,33,37). The maximum atomic E-state index is 13.4. The Kier molecular flexibility index (Phi) is 10.3. The van der Waals surface area contributed by atoms with Gasteiger partial charge in [0.1, 0.15) is 11.3 Å². The molecule has 1 aliphatic rings. The van der Waals surface area contributed by atoms with Gasteiger partial charge in [-0.25, -0.2) is 8.78 Å². The van der Waals surface area contributed by atoms with Gasteiger partial charge in [0.25, 0.3) is 0 Å². The molecule has 4 N–H and O–H groups in total. The average Bonchev–Trinajstić information content (AvgIpc) is 3.32. The maximum Gasteiger partial charge on any atom is 0.305 e. The Labute approximate surface area is 225 Å². The second-order valence-corrected chi connectivity index (χ2v) is 10.8. The summed E-state index contributed by atoms with van der Waals surface area (Å²) in [5.74, 6) is -1.47. The molecule has 0 bridgehead atoms. The summed E-state index contributed by atoms with van der Waals surface area (Å²) in [7, 11) is 0. The normalized spacial score (nSPS) is 14.3. The summed E-state index contributed by atoms with van der Waals surface area (Å²) >= 11 is 1.11. The number of carbonyl (C=O) groups excluding carboxylic acids is 1. The van der Waals surface area contributed by atoms with Gasteiger partial charge in [0, 0.05) is 32.1 Å². The van der Waals surface area contributed by atoms with Crippen LogP contribution in [0.25, 0.3) is 10.2 Å². The largest absolute Gasteiger partial charge is 0.506 e. The van der Waals surface area contributed by atoms with Crippen LogP contribution >= 0.6 is 11.3 Å². The summed E-state index contributed by atoms with van der Waals surface area (Å²) in [4.78, 5) is 29.4. The number of aromatic amines is 1. The molecule has 1 fully saturated rings. The summed E-state index contributed by atoms with van der Waals surface area (Å²) in [5.41, 5.74) is 2.21. The van der Waals surface area contributed by atoms with Crippen molar-refractivity contribution in [3.05, 3.63) is 62.8 Å². The van der Waals surface area contributed by atoms with Gasteiger partial charge in [0.2, 0.25) is 5.91 Å². The van der Waals surface area contributed by atoms with Gasteiger partial charge in [-0.3, -0.25) is 9.59 Å². The molecule has 0 atom stereocenters. The van der Waals surface area contributed by atoms with E-state index in [9.17, 15) is 23.5 Å². The van der Waals surface area contributed by atoms with Crippen LogP contribution in [0.2, 0.25) is 0 Å². The SMILES string of the molecule is O=C(CCNCCc1ccc(F)c(F)c1)N(CCNCCc1ccc(O)c2[nH]c(=O)sc12)C1CCCCC1. The van der Waals surface area contributed by atoms with Gasteiger partial charge >= 0.3 is 4.87 Å². The number of fused-ring (bicyclic) bond motifs is 1. The van der Waals surface area contributed by atoms with E-state index < -0.39 is 11.6 Å². The predicted octanol–water partition coefficient (Wildman–Crippen LogP) is 4.09. The molecule has 0 spiro atoms. The summed E-state index contributed by atoms with van der Waals surface area (Å²) in [5, 5.41) is 16.7. The first-order valence-corrected chi connectivity index (χ1v) is 14.2. The van der Waals surface area contributed by atoms with Gasteiger partial charge in [0.15, 0.2) is 11.6 Å². The van der Waals surface area contributed by atoms with Gasteiger partial charge in [-0.05, 0) is 68.1 Å². The van der Waals surface area contributed by atoms with E-state index in [-0.39, 0.29) is 22.6 Å². The molecular formula is C28H36F2N4O3S. The van der Waals surface area contributed by atoms with Crippen LogP contribution in [0.15, 0.2) is 35.1 Å². The zero-order valence-electron chi connectivity index (χ0n) is 21.5. The van der Waals surface area contributed by atoms with E-state index in [1.165, 1.54) is 12.5 Å². The van der Waals surface area contributed by atoms with Crippen molar-refractivity contribution >= 4 is 27.5 Å². The van der Waals surface area contributed by atoms with Crippen molar-refractivity contribution < 1.29 is 18.7 Å². The molecule has 1 aliphatic carbocycles. The van der Waals surface area contributed by atoms with E-state index in [1.54, 1.807) is 12.1 Å². The second kappa shape index (κ2) is 13.8. The number of nitrogens with one attached hydrogen (secondary N) is 3. The Balaban J connectivity index is 1.22. The lowest BCUT2D eigenvalue weighted by Crippen LogP contribution is -2.45. The summed E-state index contributed by atoms with van der Waals surface area (Å²) in [6.45, 7) is 3.14. The number of hydrogen-bond acceptors (Lipinski definition) is 6. The molecule has 1 heterocycles. The number of thiazole rings is 1. The van der Waals surface area contributed by atoms with Crippen LogP contribution in [0.3, 0.4) is 0 Å². The number of halogens is 2. The van der Waals surface area contributed by atoms with Gasteiger partial charge in [-0.2, -0.15) is 0 Å². The van der Waals surface area contributed by atoms with E-state index in [2.05, 4.69) is 15.6 Å². The van der Waals surface area contributed by atoms with Crippen molar-refractivity contribution in [2.75, 3.05) is 32.7 Å². The van der Waals surface area contributed by atoms with Gasteiger partial charge < -0.3 is 25.6 Å². The lowest BCUT2D eigenvalue weighted by Gasteiger charge is -2.34. The molecular weight excluding hydrogens is 510 g/mol. The molecule has 2 aromatic carbocycles. The number of phenolic OH excluding ortho intramolecular Hbond substituents is 1. The average molecular weight is 547 g/mol. The molecule has 4 rings (SSSR count). The second-order valence-electron chi connectivity index (χ2n) is 9.84. The van der Waals surface area contributed by atoms with Crippen LogP contribution in [-0.2, 0) is 17.6 Å². The van der Waals surface area contributed by atoms with Crippen LogP contribution in [0.5, 0.6) is 5.75 Å². The van der Waals surface area contributed by atoms with Crippen LogP contribution in [0.1, 0.15) is 49.7 Å². The van der Waals surface area contributed by atoms with E-state index in [0.717, 1.165) is 58.9 Å². The third-order valence-corrected chi connectivity index (χ3v) is 8.12. The number of H-pyrrole nitrogens is 1. The smallest absolute Gasteiger partial charge is 0.305 e. The predicted molar refractivity (Wildman–Crippen MR) is 147 cm³/mol. The van der Waals surface area contributed by atoms with Crippen molar-refractivity contribution in [2.45, 2.75) is 57.4 Å². The Hall–Kier alpha value is -2.82. The first-order chi connectivity index (χ1) is 18.4. The van der Waals surface area contributed by atoms with Gasteiger partial charge in [-0.15, -0.1) is 0 Å². The maximum absolute atomic E-state index is 13.4. The topological polar surface area (TPSA) is 97.5 Å². The minimum absolute atomic E-state index is 0.0792. The fraction of sp³-hybridized carbons (Fsp3) is 0.500. The Bertz CT molecular complexity index is 1270. The number of benzene rings is 2. The lowest BCUT2D eigenvalue weighted by atomic mass is 9.94. The third-order valence-electron chi connectivity index (χ3n) is 7.17. The van der Waals surface area contributed by atoms with Crippen LogP contribution in [0, 0.1) is 11.6 Å². The third kappa shape index (κ3) is 7.61. The van der Waals surface area contributed by atoms with Crippen molar-refractivity contribution in [3.63, 3.8) is 0 Å². The zero-order valence-corrected chi connectivity index (χ0v) is 22.3. The monoisotopic (exact) mass is 546 g/mol. The van der Waals surface area contributed by atoms with E-state index in [4.69, 9.17) is 0 Å². The molecule has 3 aromatic rings. The van der Waals surface area contributed by atoms with Crippen LogP contribution in [-0.4, -0.2) is 59.7 Å². The fourth-order valence-corrected chi connectivity index (χ4v) is 6.01. The summed E-state index contributed by atoms with van der Waals surface area (Å²) < 4.78 is 27.2. The first-order valence-electron chi connectivity index (χ1n) is 13.4. The molecule has 1 amide bonds. The molecule has 206 valence electrons. The number of amides is 1. The van der Waals surface area contributed by atoms with E-state index >= 15 is 0 Å². The quantitative estimate of drug-likeness (QED) is 0.242. The number of aromatic hydroxyl groups is 1. The first kappa shape index (κ1) is 28.2. The number of rotatable bonds is 13. The van der Waals surface area contributed by atoms with Crippen LogP contribution < -0.4 is 15.5 Å². The summed E-state index contributed by atoms with van der Waals surface area (Å²) in [6.07, 6.45) is 7.25. The van der Waals surface area contributed by atoms with Crippen molar-refractivity contribution in [1.82, 2.24) is 20.5 Å². The number of aromatic nitrogens is 1. The molecule has 38 heavy (non-hydrogen) atoms. The highest BCUT2D eigenvalue weighted by Gasteiger charge is 2.24. The molecule has 0 radical (unpaired) electrons. The Morgan fingerprint density at radius 2 is 1.76 bits per heavy atom. The minimum atomic E-state index is -0.846. The fourth-order valence-electron chi connectivity index (χ4n) is 5.11. The number of hydrogen-bond donors (Lipinski definition) is 4. The van der Waals surface area contributed by atoms with E-state index in [1.807, 2.05) is 11.0 Å². The summed E-state index contributed by atoms with van der Waals surface area (Å²) in [6, 6.07) is 7.65. The molecule has 7 nitrogen and oxygen atoms in total. The van der Waals surface area contributed by atoms with Gasteiger partial charge in [0.05, 0.1) is 4.70 Å². The molecule has 0 unspecified atom stereocenters.